The molecule has 144 valence electrons. The number of para-hydroxylation sites is 1. The second-order valence-electron chi connectivity index (χ2n) is 6.15. The van der Waals surface area contributed by atoms with Crippen LogP contribution in [-0.4, -0.2) is 25.9 Å². The van der Waals surface area contributed by atoms with E-state index in [9.17, 15) is 9.18 Å². The molecule has 7 heteroatoms. The van der Waals surface area contributed by atoms with Crippen molar-refractivity contribution in [3.63, 3.8) is 0 Å². The number of fused-ring (bicyclic) bond motifs is 1. The third kappa shape index (κ3) is 5.68. The Labute approximate surface area is 165 Å². The van der Waals surface area contributed by atoms with E-state index in [1.165, 1.54) is 12.1 Å². The Bertz CT molecular complexity index is 800. The standard InChI is InChI=1S/C20H21BrFNO4/c21-17-4-1-2-5-18(17)26-9-3-6-19(24)23-8-7-14-10-16(22)11-15-12-25-13-27-20(14)15/h1-2,4-5,10-11H,3,6-9,12-13H2,(H,23,24). The van der Waals surface area contributed by atoms with E-state index in [4.69, 9.17) is 14.2 Å². The molecule has 1 aliphatic heterocycles. The Morgan fingerprint density at radius 2 is 2.15 bits per heavy atom. The molecule has 1 aliphatic rings. The van der Waals surface area contributed by atoms with Gasteiger partial charge in [0.1, 0.15) is 17.3 Å². The lowest BCUT2D eigenvalue weighted by Gasteiger charge is -2.21. The van der Waals surface area contributed by atoms with Crippen LogP contribution in [0.25, 0.3) is 0 Å². The Morgan fingerprint density at radius 1 is 1.30 bits per heavy atom. The largest absolute Gasteiger partial charge is 0.492 e. The molecule has 0 bridgehead atoms. The second kappa shape index (κ2) is 9.71. The summed E-state index contributed by atoms with van der Waals surface area (Å²) in [7, 11) is 0. The monoisotopic (exact) mass is 437 g/mol. The highest BCUT2D eigenvalue weighted by molar-refractivity contribution is 9.10. The number of carbonyl (C=O) groups is 1. The van der Waals surface area contributed by atoms with Crippen molar-refractivity contribution in [1.29, 1.82) is 0 Å². The second-order valence-corrected chi connectivity index (χ2v) is 7.00. The quantitative estimate of drug-likeness (QED) is 0.634. The van der Waals surface area contributed by atoms with Gasteiger partial charge in [-0.1, -0.05) is 12.1 Å². The van der Waals surface area contributed by atoms with E-state index in [-0.39, 0.29) is 18.5 Å². The molecule has 0 saturated carbocycles. The highest BCUT2D eigenvalue weighted by Gasteiger charge is 2.16. The molecular formula is C20H21BrFNO4. The number of halogens is 2. The smallest absolute Gasteiger partial charge is 0.220 e. The molecular weight excluding hydrogens is 417 g/mol. The molecule has 2 aromatic carbocycles. The SMILES string of the molecule is O=C(CCCOc1ccccc1Br)NCCc1cc(F)cc2c1OCOC2. The number of rotatable bonds is 8. The molecule has 0 fully saturated rings. The summed E-state index contributed by atoms with van der Waals surface area (Å²) in [6.07, 6.45) is 1.48. The average molecular weight is 438 g/mol. The molecule has 0 unspecified atom stereocenters. The number of amides is 1. The van der Waals surface area contributed by atoms with Crippen LogP contribution in [0.2, 0.25) is 0 Å². The van der Waals surface area contributed by atoms with Gasteiger partial charge < -0.3 is 19.5 Å². The summed E-state index contributed by atoms with van der Waals surface area (Å²) in [6.45, 7) is 1.38. The number of hydrogen-bond donors (Lipinski definition) is 1. The Morgan fingerprint density at radius 3 is 3.00 bits per heavy atom. The minimum atomic E-state index is -0.326. The van der Waals surface area contributed by atoms with Gasteiger partial charge >= 0.3 is 0 Å². The molecule has 1 amide bonds. The first kappa shape index (κ1) is 19.6. The molecule has 0 aromatic heterocycles. The maximum absolute atomic E-state index is 13.7. The first-order valence-corrected chi connectivity index (χ1v) is 9.58. The Balaban J connectivity index is 1.39. The Kier molecular flexibility index (Phi) is 7.06. The lowest BCUT2D eigenvalue weighted by atomic mass is 10.1. The summed E-state index contributed by atoms with van der Waals surface area (Å²) >= 11 is 3.42. The van der Waals surface area contributed by atoms with Crippen molar-refractivity contribution in [2.45, 2.75) is 25.9 Å². The van der Waals surface area contributed by atoms with Crippen LogP contribution in [0.4, 0.5) is 4.39 Å². The van der Waals surface area contributed by atoms with Crippen LogP contribution in [0.15, 0.2) is 40.9 Å². The summed E-state index contributed by atoms with van der Waals surface area (Å²) in [5.41, 5.74) is 1.44. The summed E-state index contributed by atoms with van der Waals surface area (Å²) in [5, 5.41) is 2.85. The normalized spacial score (nSPS) is 12.8. The van der Waals surface area contributed by atoms with Crippen molar-refractivity contribution >= 4 is 21.8 Å². The molecule has 5 nitrogen and oxygen atoms in total. The molecule has 0 aliphatic carbocycles. The maximum atomic E-state index is 13.7. The van der Waals surface area contributed by atoms with Gasteiger partial charge in [0.15, 0.2) is 6.79 Å². The molecule has 27 heavy (non-hydrogen) atoms. The van der Waals surface area contributed by atoms with Gasteiger partial charge in [-0.15, -0.1) is 0 Å². The highest BCUT2D eigenvalue weighted by atomic mass is 79.9. The number of ether oxygens (including phenoxy) is 3. The number of benzene rings is 2. The molecule has 1 heterocycles. The lowest BCUT2D eigenvalue weighted by Crippen LogP contribution is -2.26. The van der Waals surface area contributed by atoms with Crippen molar-refractivity contribution < 1.29 is 23.4 Å². The van der Waals surface area contributed by atoms with Crippen LogP contribution < -0.4 is 14.8 Å². The first-order chi connectivity index (χ1) is 13.1. The van der Waals surface area contributed by atoms with Crippen LogP contribution in [0.1, 0.15) is 24.0 Å². The zero-order valence-corrected chi connectivity index (χ0v) is 16.4. The fourth-order valence-electron chi connectivity index (χ4n) is 2.84. The lowest BCUT2D eigenvalue weighted by molar-refractivity contribution is -0.121. The fourth-order valence-corrected chi connectivity index (χ4v) is 3.24. The van der Waals surface area contributed by atoms with Gasteiger partial charge in [-0.05, 0) is 58.6 Å². The van der Waals surface area contributed by atoms with E-state index in [0.29, 0.717) is 50.3 Å². The zero-order chi connectivity index (χ0) is 19.1. The summed E-state index contributed by atoms with van der Waals surface area (Å²) in [5.74, 6) is 1.05. The molecule has 0 atom stereocenters. The van der Waals surface area contributed by atoms with Gasteiger partial charge in [0, 0.05) is 18.5 Å². The topological polar surface area (TPSA) is 56.8 Å². The molecule has 0 spiro atoms. The van der Waals surface area contributed by atoms with Crippen molar-refractivity contribution in [1.82, 2.24) is 5.32 Å². The fraction of sp³-hybridized carbons (Fsp3) is 0.350. The summed E-state index contributed by atoms with van der Waals surface area (Å²) < 4.78 is 30.9. The average Bonchev–Trinajstić information content (AvgIpc) is 2.66. The Hall–Kier alpha value is -2.12. The summed E-state index contributed by atoms with van der Waals surface area (Å²) in [4.78, 5) is 12.0. The number of hydrogen-bond acceptors (Lipinski definition) is 4. The van der Waals surface area contributed by atoms with Gasteiger partial charge in [-0.25, -0.2) is 4.39 Å². The van der Waals surface area contributed by atoms with Crippen LogP contribution in [0, 0.1) is 5.82 Å². The van der Waals surface area contributed by atoms with Crippen molar-refractivity contribution in [2.24, 2.45) is 0 Å². The van der Waals surface area contributed by atoms with E-state index in [1.54, 1.807) is 0 Å². The van der Waals surface area contributed by atoms with Gasteiger partial charge in [0.25, 0.3) is 0 Å². The third-order valence-corrected chi connectivity index (χ3v) is 4.77. The molecule has 1 N–H and O–H groups in total. The van der Waals surface area contributed by atoms with Crippen LogP contribution in [0.5, 0.6) is 11.5 Å². The molecule has 0 radical (unpaired) electrons. The van der Waals surface area contributed by atoms with Gasteiger partial charge in [-0.3, -0.25) is 4.79 Å². The van der Waals surface area contributed by atoms with Crippen LogP contribution >= 0.6 is 15.9 Å². The first-order valence-electron chi connectivity index (χ1n) is 8.79. The molecule has 0 saturated heterocycles. The molecule has 3 rings (SSSR count). The minimum Gasteiger partial charge on any atom is -0.492 e. The van der Waals surface area contributed by atoms with Gasteiger partial charge in [-0.2, -0.15) is 0 Å². The minimum absolute atomic E-state index is 0.0553. The predicted molar refractivity (Wildman–Crippen MR) is 102 cm³/mol. The van der Waals surface area contributed by atoms with E-state index in [2.05, 4.69) is 21.2 Å². The summed E-state index contributed by atoms with van der Waals surface area (Å²) in [6, 6.07) is 10.5. The van der Waals surface area contributed by atoms with Gasteiger partial charge in [0.2, 0.25) is 5.91 Å². The number of carbonyl (C=O) groups excluding carboxylic acids is 1. The third-order valence-electron chi connectivity index (χ3n) is 4.11. The van der Waals surface area contributed by atoms with Crippen molar-refractivity contribution in [3.05, 3.63) is 57.8 Å². The zero-order valence-electron chi connectivity index (χ0n) is 14.8. The van der Waals surface area contributed by atoms with Crippen LogP contribution in [0.3, 0.4) is 0 Å². The van der Waals surface area contributed by atoms with E-state index in [0.717, 1.165) is 15.8 Å². The van der Waals surface area contributed by atoms with Crippen molar-refractivity contribution in [3.8, 4) is 11.5 Å². The molecule has 2 aromatic rings. The van der Waals surface area contributed by atoms with Crippen LogP contribution in [-0.2, 0) is 22.6 Å². The highest BCUT2D eigenvalue weighted by Crippen LogP contribution is 2.29. The van der Waals surface area contributed by atoms with E-state index in [1.807, 2.05) is 24.3 Å². The van der Waals surface area contributed by atoms with E-state index < -0.39 is 0 Å². The van der Waals surface area contributed by atoms with E-state index >= 15 is 0 Å². The number of nitrogens with one attached hydrogen (secondary N) is 1. The predicted octanol–water partition coefficient (Wildman–Crippen LogP) is 3.97. The maximum Gasteiger partial charge on any atom is 0.220 e. The van der Waals surface area contributed by atoms with Crippen molar-refractivity contribution in [2.75, 3.05) is 19.9 Å². The van der Waals surface area contributed by atoms with Gasteiger partial charge in [0.05, 0.1) is 17.7 Å².